The smallest absolute Gasteiger partial charge is 0.441 e. The standard InChI is InChI=1S/C21H20F4N4O4/c22-17-16(2-1-9-27-17)29-11-20(33-19(29)31)7-5-12(6-8-20)18(30)28-15-10-13(3-4-14(15)26)32-21(23,24)25/h1-4,9-10,12H,5-8,11,26H2,(H,28,30). The molecule has 4 rings (SSSR count). The zero-order valence-corrected chi connectivity index (χ0v) is 17.2. The highest BCUT2D eigenvalue weighted by Crippen LogP contribution is 2.41. The number of nitrogens with two attached hydrogens (primary N) is 1. The Morgan fingerprint density at radius 1 is 1.27 bits per heavy atom. The molecule has 1 saturated heterocycles. The van der Waals surface area contributed by atoms with Gasteiger partial charge in [0.2, 0.25) is 11.9 Å². The molecule has 1 saturated carbocycles. The second-order valence-corrected chi connectivity index (χ2v) is 8.01. The lowest BCUT2D eigenvalue weighted by atomic mass is 9.78. The Bertz CT molecular complexity index is 1070. The van der Waals surface area contributed by atoms with Crippen LogP contribution < -0.4 is 20.7 Å². The molecule has 1 aromatic carbocycles. The molecule has 0 radical (unpaired) electrons. The summed E-state index contributed by atoms with van der Waals surface area (Å²) in [5.74, 6) is -2.17. The van der Waals surface area contributed by atoms with E-state index in [2.05, 4.69) is 15.0 Å². The van der Waals surface area contributed by atoms with Gasteiger partial charge in [0.1, 0.15) is 17.0 Å². The van der Waals surface area contributed by atoms with Crippen LogP contribution in [-0.4, -0.2) is 35.5 Å². The fourth-order valence-electron chi connectivity index (χ4n) is 4.13. The molecule has 1 aliphatic carbocycles. The van der Waals surface area contributed by atoms with Gasteiger partial charge in [-0.15, -0.1) is 13.2 Å². The van der Waals surface area contributed by atoms with Crippen molar-refractivity contribution >= 4 is 29.1 Å². The Hall–Kier alpha value is -3.57. The summed E-state index contributed by atoms with van der Waals surface area (Å²) >= 11 is 0. The number of benzene rings is 1. The van der Waals surface area contributed by atoms with Crippen molar-refractivity contribution in [3.63, 3.8) is 0 Å². The number of pyridine rings is 1. The van der Waals surface area contributed by atoms with Crippen LogP contribution in [0.25, 0.3) is 0 Å². The number of hydrogen-bond acceptors (Lipinski definition) is 6. The second kappa shape index (κ2) is 8.41. The summed E-state index contributed by atoms with van der Waals surface area (Å²) in [6.07, 6.45) is -2.83. The van der Waals surface area contributed by atoms with Crippen molar-refractivity contribution in [3.05, 3.63) is 42.5 Å². The van der Waals surface area contributed by atoms with Gasteiger partial charge in [-0.25, -0.2) is 9.78 Å². The highest BCUT2D eigenvalue weighted by molar-refractivity contribution is 5.96. The number of nitrogen functional groups attached to an aromatic ring is 1. The van der Waals surface area contributed by atoms with Crippen LogP contribution in [0.5, 0.6) is 5.75 Å². The Labute approximate surface area is 185 Å². The first kappa shape index (κ1) is 22.6. The third-order valence-corrected chi connectivity index (χ3v) is 5.78. The fraction of sp³-hybridized carbons (Fsp3) is 0.381. The minimum absolute atomic E-state index is 0.00700. The molecule has 0 unspecified atom stereocenters. The van der Waals surface area contributed by atoms with E-state index in [0.717, 1.165) is 12.1 Å². The van der Waals surface area contributed by atoms with Crippen LogP contribution in [0.3, 0.4) is 0 Å². The minimum atomic E-state index is -4.87. The summed E-state index contributed by atoms with van der Waals surface area (Å²) in [5, 5.41) is 2.55. The maximum absolute atomic E-state index is 14.0. The lowest BCUT2D eigenvalue weighted by molar-refractivity contribution is -0.274. The number of amides is 2. The lowest BCUT2D eigenvalue weighted by Crippen LogP contribution is -2.41. The van der Waals surface area contributed by atoms with Crippen LogP contribution in [0.1, 0.15) is 25.7 Å². The molecule has 2 amide bonds. The van der Waals surface area contributed by atoms with E-state index in [1.54, 1.807) is 0 Å². The largest absolute Gasteiger partial charge is 0.573 e. The maximum Gasteiger partial charge on any atom is 0.573 e. The molecule has 1 aliphatic heterocycles. The summed E-state index contributed by atoms with van der Waals surface area (Å²) in [6, 6.07) is 6.20. The maximum atomic E-state index is 14.0. The number of alkyl halides is 3. The van der Waals surface area contributed by atoms with E-state index in [-0.39, 0.29) is 23.6 Å². The summed E-state index contributed by atoms with van der Waals surface area (Å²) in [6.45, 7) is 0.132. The van der Waals surface area contributed by atoms with Crippen molar-refractivity contribution < 1.29 is 36.6 Å². The number of nitrogens with one attached hydrogen (secondary N) is 1. The summed E-state index contributed by atoms with van der Waals surface area (Å²) in [5.41, 5.74) is 5.04. The Morgan fingerprint density at radius 2 is 2.00 bits per heavy atom. The van der Waals surface area contributed by atoms with Crippen LogP contribution in [0, 0.1) is 11.9 Å². The Balaban J connectivity index is 1.39. The van der Waals surface area contributed by atoms with Crippen molar-refractivity contribution in [2.45, 2.75) is 37.6 Å². The number of ether oxygens (including phenoxy) is 2. The summed E-state index contributed by atoms with van der Waals surface area (Å²) in [4.78, 5) is 29.8. The van der Waals surface area contributed by atoms with E-state index >= 15 is 0 Å². The molecule has 0 atom stereocenters. The van der Waals surface area contributed by atoms with Gasteiger partial charge in [-0.05, 0) is 49.9 Å². The lowest BCUT2D eigenvalue weighted by Gasteiger charge is -2.34. The van der Waals surface area contributed by atoms with Crippen molar-refractivity contribution in [2.24, 2.45) is 5.92 Å². The number of halogens is 4. The molecule has 2 heterocycles. The minimum Gasteiger partial charge on any atom is -0.441 e. The Morgan fingerprint density at radius 3 is 2.67 bits per heavy atom. The molecule has 2 fully saturated rings. The van der Waals surface area contributed by atoms with E-state index < -0.39 is 41.6 Å². The van der Waals surface area contributed by atoms with Gasteiger partial charge in [-0.3, -0.25) is 9.69 Å². The van der Waals surface area contributed by atoms with Crippen molar-refractivity contribution in [1.82, 2.24) is 4.98 Å². The molecular weight excluding hydrogens is 448 g/mol. The monoisotopic (exact) mass is 468 g/mol. The van der Waals surface area contributed by atoms with E-state index in [1.807, 2.05) is 0 Å². The normalized spacial score (nSPS) is 22.8. The first-order valence-electron chi connectivity index (χ1n) is 10.1. The Kier molecular flexibility index (Phi) is 5.76. The quantitative estimate of drug-likeness (QED) is 0.395. The molecule has 0 bridgehead atoms. The number of hydrogen-bond donors (Lipinski definition) is 2. The molecular formula is C21H20F4N4O4. The number of rotatable bonds is 4. The highest BCUT2D eigenvalue weighted by atomic mass is 19.4. The zero-order chi connectivity index (χ0) is 23.8. The van der Waals surface area contributed by atoms with Gasteiger partial charge in [0.05, 0.1) is 17.9 Å². The predicted octanol–water partition coefficient (Wildman–Crippen LogP) is 4.23. The third kappa shape index (κ3) is 4.94. The van der Waals surface area contributed by atoms with Crippen LogP contribution >= 0.6 is 0 Å². The van der Waals surface area contributed by atoms with Gasteiger partial charge >= 0.3 is 12.5 Å². The molecule has 12 heteroatoms. The van der Waals surface area contributed by atoms with Gasteiger partial charge in [-0.2, -0.15) is 4.39 Å². The van der Waals surface area contributed by atoms with Crippen molar-refractivity contribution in [2.75, 3.05) is 22.5 Å². The van der Waals surface area contributed by atoms with Crippen LogP contribution in [0.4, 0.5) is 39.4 Å². The zero-order valence-electron chi connectivity index (χ0n) is 17.2. The van der Waals surface area contributed by atoms with Crippen molar-refractivity contribution in [3.8, 4) is 5.75 Å². The number of anilines is 3. The average molecular weight is 468 g/mol. The van der Waals surface area contributed by atoms with Crippen molar-refractivity contribution in [1.29, 1.82) is 0 Å². The van der Waals surface area contributed by atoms with Gasteiger partial charge in [0.15, 0.2) is 0 Å². The van der Waals surface area contributed by atoms with Gasteiger partial charge in [-0.1, -0.05) is 0 Å². The molecule has 33 heavy (non-hydrogen) atoms. The van der Waals surface area contributed by atoms with Crippen LogP contribution in [0.2, 0.25) is 0 Å². The molecule has 2 aromatic rings. The second-order valence-electron chi connectivity index (χ2n) is 8.01. The summed E-state index contributed by atoms with van der Waals surface area (Å²) < 4.78 is 60.8. The van der Waals surface area contributed by atoms with Gasteiger partial charge in [0, 0.05) is 18.2 Å². The van der Waals surface area contributed by atoms with E-state index in [9.17, 15) is 27.2 Å². The summed E-state index contributed by atoms with van der Waals surface area (Å²) in [7, 11) is 0. The number of aromatic nitrogens is 1. The molecule has 3 N–H and O–H groups in total. The van der Waals surface area contributed by atoms with Crippen LogP contribution in [0.15, 0.2) is 36.5 Å². The molecule has 176 valence electrons. The first-order valence-corrected chi connectivity index (χ1v) is 10.1. The van der Waals surface area contributed by atoms with Crippen LogP contribution in [-0.2, 0) is 9.53 Å². The highest BCUT2D eigenvalue weighted by Gasteiger charge is 2.49. The number of carbonyl (C=O) groups is 2. The van der Waals surface area contributed by atoms with E-state index in [1.165, 1.54) is 29.3 Å². The fourth-order valence-corrected chi connectivity index (χ4v) is 4.13. The van der Waals surface area contributed by atoms with E-state index in [0.29, 0.717) is 25.7 Å². The van der Waals surface area contributed by atoms with E-state index in [4.69, 9.17) is 10.5 Å². The topological polar surface area (TPSA) is 107 Å². The molecule has 8 nitrogen and oxygen atoms in total. The van der Waals surface area contributed by atoms with Gasteiger partial charge in [0.25, 0.3) is 0 Å². The first-order chi connectivity index (χ1) is 15.6. The third-order valence-electron chi connectivity index (χ3n) is 5.78. The SMILES string of the molecule is Nc1ccc(OC(F)(F)F)cc1NC(=O)C1CCC2(CC1)CN(c1cccnc1F)C(=O)O2. The number of nitrogens with zero attached hydrogens (tertiary/aromatic N) is 2. The predicted molar refractivity (Wildman–Crippen MR) is 109 cm³/mol. The number of carbonyl (C=O) groups excluding carboxylic acids is 2. The molecule has 1 aromatic heterocycles. The molecule has 2 aliphatic rings. The molecule has 1 spiro atoms. The van der Waals surface area contributed by atoms with Gasteiger partial charge < -0.3 is 20.5 Å². The average Bonchev–Trinajstić information content (AvgIpc) is 3.05.